The molecule has 13 rings (SSSR count). The van der Waals surface area contributed by atoms with Gasteiger partial charge in [0.1, 0.15) is 0 Å². The monoisotopic (exact) mass is 831 g/mol. The van der Waals surface area contributed by atoms with E-state index in [9.17, 15) is 0 Å². The summed E-state index contributed by atoms with van der Waals surface area (Å²) in [4.78, 5) is 0. The van der Waals surface area contributed by atoms with Crippen LogP contribution in [0.1, 0.15) is 0 Å². The van der Waals surface area contributed by atoms with E-state index in [2.05, 4.69) is 262 Å². The number of nitrogens with zero attached hydrogens (tertiary/aromatic N) is 3. The highest BCUT2D eigenvalue weighted by Gasteiger charge is 2.44. The molecule has 64 heavy (non-hydrogen) atoms. The third kappa shape index (κ3) is 5.21. The maximum absolute atomic E-state index is 3.12. The van der Waals surface area contributed by atoms with E-state index >= 15 is 0 Å². The maximum Gasteiger partial charge on any atom is 0.180 e. The SMILES string of the molecule is c1ccc(-n2c3ccccc3c3c(-n4c5ccccc5c5c([Si](c6ccccc6)(c6ccccc6)c6ccccc6)cc(-n6c7ccccc7c7ccccc76)cc54)cccc32)cc1. The summed E-state index contributed by atoms with van der Waals surface area (Å²) in [5.74, 6) is 0. The zero-order chi connectivity index (χ0) is 42.2. The van der Waals surface area contributed by atoms with Gasteiger partial charge in [0, 0.05) is 43.7 Å². The largest absolute Gasteiger partial charge is 0.309 e. The smallest absolute Gasteiger partial charge is 0.180 e. The summed E-state index contributed by atoms with van der Waals surface area (Å²) in [6, 6.07) is 92.5. The Kier molecular flexibility index (Phi) is 8.23. The van der Waals surface area contributed by atoms with E-state index in [4.69, 9.17) is 0 Å². The summed E-state index contributed by atoms with van der Waals surface area (Å²) < 4.78 is 7.52. The van der Waals surface area contributed by atoms with Gasteiger partial charge in [0.05, 0.1) is 38.8 Å². The minimum absolute atomic E-state index is 1.14. The molecule has 13 aromatic rings. The van der Waals surface area contributed by atoms with Crippen LogP contribution in [0.25, 0.3) is 82.5 Å². The molecule has 0 aliphatic heterocycles. The number of aromatic nitrogens is 3. The molecule has 300 valence electrons. The summed E-state index contributed by atoms with van der Waals surface area (Å²) in [5, 5.41) is 12.9. The van der Waals surface area contributed by atoms with Crippen molar-refractivity contribution in [2.45, 2.75) is 0 Å². The fourth-order valence-electron chi connectivity index (χ4n) is 11.0. The van der Waals surface area contributed by atoms with E-state index in [0.29, 0.717) is 0 Å². The fraction of sp³-hybridized carbons (Fsp3) is 0. The van der Waals surface area contributed by atoms with Crippen molar-refractivity contribution < 1.29 is 0 Å². The lowest BCUT2D eigenvalue weighted by molar-refractivity contribution is 1.16. The summed E-state index contributed by atoms with van der Waals surface area (Å²) in [5.41, 5.74) is 10.6. The van der Waals surface area contributed by atoms with Crippen molar-refractivity contribution in [1.29, 1.82) is 0 Å². The first-order valence-electron chi connectivity index (χ1n) is 22.1. The molecule has 4 heteroatoms. The number of hydrogen-bond acceptors (Lipinski definition) is 0. The van der Waals surface area contributed by atoms with Gasteiger partial charge in [-0.25, -0.2) is 0 Å². The predicted molar refractivity (Wildman–Crippen MR) is 273 cm³/mol. The molecule has 3 nitrogen and oxygen atoms in total. The standard InChI is InChI=1S/C60H41N3Si/c1-5-22-42(23-6-1)61-53-36-19-15-32-49(53)59-55(61)38-21-39-56(59)63-54-37-20-16-33-50(54)60-57(63)40-43(62-51-34-17-13-30-47(51)48-31-14-18-35-52(48)62)41-58(60)64(44-24-7-2-8-25-44,45-26-9-3-10-27-45)46-28-11-4-12-29-46/h1-41H. The Morgan fingerprint density at radius 2 is 0.641 bits per heavy atom. The topological polar surface area (TPSA) is 14.8 Å². The Labute approximate surface area is 372 Å². The van der Waals surface area contributed by atoms with Gasteiger partial charge in [-0.1, -0.05) is 188 Å². The first kappa shape index (κ1) is 36.5. The lowest BCUT2D eigenvalue weighted by Gasteiger charge is -2.35. The average molecular weight is 832 g/mol. The second-order valence-corrected chi connectivity index (χ2v) is 20.6. The Balaban J connectivity index is 1.27. The van der Waals surface area contributed by atoms with Crippen molar-refractivity contribution in [3.8, 4) is 17.1 Å². The van der Waals surface area contributed by atoms with Crippen molar-refractivity contribution in [3.05, 3.63) is 249 Å². The minimum Gasteiger partial charge on any atom is -0.309 e. The van der Waals surface area contributed by atoms with Crippen molar-refractivity contribution >= 4 is 94.2 Å². The zero-order valence-electron chi connectivity index (χ0n) is 35.0. The van der Waals surface area contributed by atoms with Crippen LogP contribution in [-0.4, -0.2) is 21.8 Å². The molecule has 0 aliphatic carbocycles. The Morgan fingerprint density at radius 3 is 1.17 bits per heavy atom. The second kappa shape index (κ2) is 14.5. The Morgan fingerprint density at radius 1 is 0.250 bits per heavy atom. The quantitative estimate of drug-likeness (QED) is 0.112. The van der Waals surface area contributed by atoms with Gasteiger partial charge < -0.3 is 13.7 Å². The van der Waals surface area contributed by atoms with Gasteiger partial charge in [0.15, 0.2) is 8.07 Å². The van der Waals surface area contributed by atoms with E-state index in [-0.39, 0.29) is 0 Å². The van der Waals surface area contributed by atoms with Crippen LogP contribution < -0.4 is 20.7 Å². The molecule has 10 aromatic carbocycles. The molecule has 0 saturated heterocycles. The molecule has 0 fully saturated rings. The highest BCUT2D eigenvalue weighted by Crippen LogP contribution is 2.41. The van der Waals surface area contributed by atoms with E-state index in [1.165, 1.54) is 86.2 Å². The van der Waals surface area contributed by atoms with E-state index < -0.39 is 8.07 Å². The number of benzene rings is 10. The molecule has 0 saturated carbocycles. The van der Waals surface area contributed by atoms with Crippen molar-refractivity contribution in [2.24, 2.45) is 0 Å². The van der Waals surface area contributed by atoms with E-state index in [1.807, 2.05) is 0 Å². The van der Waals surface area contributed by atoms with Crippen LogP contribution in [0.4, 0.5) is 0 Å². The second-order valence-electron chi connectivity index (χ2n) is 16.8. The molecule has 3 aromatic heterocycles. The van der Waals surface area contributed by atoms with Crippen LogP contribution in [0.3, 0.4) is 0 Å². The molecule has 0 atom stereocenters. The summed E-state index contributed by atoms with van der Waals surface area (Å²) in [6.07, 6.45) is 0. The molecule has 3 heterocycles. The van der Waals surface area contributed by atoms with Crippen LogP contribution in [0.2, 0.25) is 0 Å². The third-order valence-electron chi connectivity index (χ3n) is 13.6. The fourth-order valence-corrected chi connectivity index (χ4v) is 16.1. The minimum atomic E-state index is -3.12. The first-order valence-corrected chi connectivity index (χ1v) is 24.1. The van der Waals surface area contributed by atoms with Crippen molar-refractivity contribution in [1.82, 2.24) is 13.7 Å². The molecule has 0 radical (unpaired) electrons. The predicted octanol–water partition coefficient (Wildman–Crippen LogP) is 12.4. The number of rotatable bonds is 7. The normalized spacial score (nSPS) is 12.1. The molecule has 0 aliphatic rings. The van der Waals surface area contributed by atoms with Crippen molar-refractivity contribution in [2.75, 3.05) is 0 Å². The lowest BCUT2D eigenvalue weighted by atomic mass is 10.1. The molecule has 0 bridgehead atoms. The number of para-hydroxylation sites is 5. The molecule has 0 N–H and O–H groups in total. The van der Waals surface area contributed by atoms with Crippen LogP contribution in [0, 0.1) is 0 Å². The Hall–Kier alpha value is -8.18. The maximum atomic E-state index is 2.58. The number of fused-ring (bicyclic) bond motifs is 9. The summed E-state index contributed by atoms with van der Waals surface area (Å²) in [6.45, 7) is 0. The van der Waals surface area contributed by atoms with Crippen LogP contribution in [0.5, 0.6) is 0 Å². The van der Waals surface area contributed by atoms with E-state index in [1.54, 1.807) is 0 Å². The molecule has 0 unspecified atom stereocenters. The third-order valence-corrected chi connectivity index (χ3v) is 18.4. The van der Waals surface area contributed by atoms with Gasteiger partial charge in [0.2, 0.25) is 0 Å². The van der Waals surface area contributed by atoms with Crippen LogP contribution in [-0.2, 0) is 0 Å². The summed E-state index contributed by atoms with van der Waals surface area (Å²) in [7, 11) is -3.12. The zero-order valence-corrected chi connectivity index (χ0v) is 36.0. The first-order chi connectivity index (χ1) is 31.8. The average Bonchev–Trinajstić information content (AvgIpc) is 4.01. The molecule has 0 spiro atoms. The molecular weight excluding hydrogens is 791 g/mol. The lowest BCUT2D eigenvalue weighted by Crippen LogP contribution is -2.74. The van der Waals surface area contributed by atoms with Gasteiger partial charge >= 0.3 is 0 Å². The van der Waals surface area contributed by atoms with Crippen LogP contribution in [0.15, 0.2) is 249 Å². The summed E-state index contributed by atoms with van der Waals surface area (Å²) >= 11 is 0. The van der Waals surface area contributed by atoms with Gasteiger partial charge in [-0.15, -0.1) is 0 Å². The molecular formula is C60H41N3Si. The van der Waals surface area contributed by atoms with Crippen molar-refractivity contribution in [3.63, 3.8) is 0 Å². The van der Waals surface area contributed by atoms with Gasteiger partial charge in [-0.2, -0.15) is 0 Å². The van der Waals surface area contributed by atoms with E-state index in [0.717, 1.165) is 17.1 Å². The van der Waals surface area contributed by atoms with Crippen LogP contribution >= 0.6 is 0 Å². The number of hydrogen-bond donors (Lipinski definition) is 0. The highest BCUT2D eigenvalue weighted by molar-refractivity contribution is 7.20. The molecule has 0 amide bonds. The van der Waals surface area contributed by atoms with Gasteiger partial charge in [-0.05, 0) is 81.4 Å². The van der Waals surface area contributed by atoms with Gasteiger partial charge in [0.25, 0.3) is 0 Å². The van der Waals surface area contributed by atoms with Gasteiger partial charge in [-0.3, -0.25) is 0 Å². The highest BCUT2D eigenvalue weighted by atomic mass is 28.3. The Bertz CT molecular complexity index is 3730.